The predicted octanol–water partition coefficient (Wildman–Crippen LogP) is 2.13. The minimum Gasteiger partial charge on any atom is -0.454 e. The molecule has 1 aliphatic carbocycles. The Morgan fingerprint density at radius 1 is 1.07 bits per heavy atom. The second-order valence-corrected chi connectivity index (χ2v) is 8.66. The van der Waals surface area contributed by atoms with Crippen molar-refractivity contribution in [2.75, 3.05) is 19.7 Å². The molecule has 1 aromatic rings. The summed E-state index contributed by atoms with van der Waals surface area (Å²) in [5, 5.41) is 1.98. The number of hydrogen-bond donors (Lipinski definition) is 0. The number of hydrogen-bond acceptors (Lipinski definition) is 6. The minimum atomic E-state index is -0.708. The van der Waals surface area contributed by atoms with E-state index in [0.29, 0.717) is 19.4 Å². The van der Waals surface area contributed by atoms with Crippen LogP contribution >= 0.6 is 11.3 Å². The Morgan fingerprint density at radius 3 is 2.43 bits per heavy atom. The minimum absolute atomic E-state index is 0.0380. The van der Waals surface area contributed by atoms with E-state index in [9.17, 15) is 19.2 Å². The van der Waals surface area contributed by atoms with Gasteiger partial charge in [-0.1, -0.05) is 18.9 Å². The fourth-order valence-corrected chi connectivity index (χ4v) is 5.50. The lowest BCUT2D eigenvalue weighted by Gasteiger charge is -2.24. The molecular weight excluding hydrogens is 380 g/mol. The Bertz CT molecular complexity index is 754. The summed E-state index contributed by atoms with van der Waals surface area (Å²) < 4.78 is 5.12. The second-order valence-electron chi connectivity index (χ2n) is 7.68. The molecule has 3 aliphatic rings. The number of rotatable bonds is 5. The Hall–Kier alpha value is -2.22. The van der Waals surface area contributed by atoms with Crippen LogP contribution in [0.2, 0.25) is 0 Å². The molecule has 3 heterocycles. The highest BCUT2D eigenvalue weighted by Gasteiger charge is 2.48. The van der Waals surface area contributed by atoms with E-state index in [4.69, 9.17) is 4.74 Å². The summed E-state index contributed by atoms with van der Waals surface area (Å²) in [4.78, 5) is 53.5. The number of fused-ring (bicyclic) bond motifs is 1. The smallest absolute Gasteiger partial charge is 0.326 e. The van der Waals surface area contributed by atoms with Crippen LogP contribution < -0.4 is 0 Å². The maximum Gasteiger partial charge on any atom is 0.326 e. The van der Waals surface area contributed by atoms with Crippen LogP contribution in [0.15, 0.2) is 17.5 Å². The number of carbonyl (C=O) groups excluding carboxylic acids is 4. The normalized spacial score (nSPS) is 27.2. The first kappa shape index (κ1) is 19.1. The number of nitrogens with zero attached hydrogens (tertiary/aromatic N) is 2. The van der Waals surface area contributed by atoms with Crippen LogP contribution in [0.1, 0.15) is 49.4 Å². The predicted molar refractivity (Wildman–Crippen MR) is 101 cm³/mol. The van der Waals surface area contributed by atoms with Gasteiger partial charge in [-0.15, -0.1) is 11.3 Å². The van der Waals surface area contributed by atoms with Crippen molar-refractivity contribution in [1.82, 2.24) is 9.80 Å². The van der Waals surface area contributed by atoms with Gasteiger partial charge in [0.15, 0.2) is 6.61 Å². The zero-order valence-corrected chi connectivity index (χ0v) is 16.5. The van der Waals surface area contributed by atoms with Gasteiger partial charge in [0.25, 0.3) is 5.91 Å². The Morgan fingerprint density at radius 2 is 1.79 bits per heavy atom. The first-order valence-electron chi connectivity index (χ1n) is 9.90. The van der Waals surface area contributed by atoms with Crippen molar-refractivity contribution in [2.45, 2.75) is 44.6 Å². The monoisotopic (exact) mass is 404 g/mol. The molecule has 1 aromatic heterocycles. The average molecular weight is 404 g/mol. The molecule has 28 heavy (non-hydrogen) atoms. The fraction of sp³-hybridized carbons (Fsp3) is 0.600. The van der Waals surface area contributed by atoms with Gasteiger partial charge < -0.3 is 9.64 Å². The van der Waals surface area contributed by atoms with Crippen molar-refractivity contribution in [3.05, 3.63) is 22.4 Å². The maximum atomic E-state index is 12.5. The summed E-state index contributed by atoms with van der Waals surface area (Å²) >= 11 is 1.61. The Kier molecular flexibility index (Phi) is 5.48. The second kappa shape index (κ2) is 8.03. The van der Waals surface area contributed by atoms with Gasteiger partial charge in [-0.3, -0.25) is 24.1 Å². The summed E-state index contributed by atoms with van der Waals surface area (Å²) in [7, 11) is 0. The van der Waals surface area contributed by atoms with Crippen LogP contribution in [0.3, 0.4) is 0 Å². The van der Waals surface area contributed by atoms with Crippen LogP contribution in [0.4, 0.5) is 0 Å². The molecule has 0 radical (unpaired) electrons. The van der Waals surface area contributed by atoms with Gasteiger partial charge >= 0.3 is 5.97 Å². The summed E-state index contributed by atoms with van der Waals surface area (Å²) in [5.41, 5.74) is 0. The zero-order valence-electron chi connectivity index (χ0n) is 15.7. The number of carbonyl (C=O) groups is 4. The van der Waals surface area contributed by atoms with Crippen LogP contribution in [0.5, 0.6) is 0 Å². The molecule has 0 N–H and O–H groups in total. The summed E-state index contributed by atoms with van der Waals surface area (Å²) in [5.74, 6) is -2.05. The van der Waals surface area contributed by atoms with Crippen molar-refractivity contribution < 1.29 is 23.9 Å². The molecule has 3 fully saturated rings. The van der Waals surface area contributed by atoms with E-state index in [0.717, 1.165) is 35.5 Å². The number of likely N-dealkylation sites (tertiary alicyclic amines) is 2. The van der Waals surface area contributed by atoms with E-state index in [-0.39, 0.29) is 42.2 Å². The third-order valence-electron chi connectivity index (χ3n) is 6.02. The first-order valence-corrected chi connectivity index (χ1v) is 10.8. The maximum absolute atomic E-state index is 12.5. The van der Waals surface area contributed by atoms with E-state index < -0.39 is 12.5 Å². The summed E-state index contributed by atoms with van der Waals surface area (Å²) in [6.07, 6.45) is 5.11. The molecule has 2 saturated heterocycles. The highest BCUT2D eigenvalue weighted by Crippen LogP contribution is 2.38. The molecule has 0 bridgehead atoms. The number of ether oxygens (including phenoxy) is 1. The quantitative estimate of drug-likeness (QED) is 0.555. The molecule has 3 amide bonds. The third-order valence-corrected chi connectivity index (χ3v) is 6.99. The van der Waals surface area contributed by atoms with Gasteiger partial charge in [-0.2, -0.15) is 0 Å². The molecule has 3 atom stereocenters. The molecular formula is C20H24N2O5S. The van der Waals surface area contributed by atoms with Crippen LogP contribution in [0, 0.1) is 11.8 Å². The number of amides is 3. The molecule has 7 nitrogen and oxygen atoms in total. The SMILES string of the molecule is O=C(CN1C(=O)C2CCCCC2C1=O)OCC(=O)N1CCCC1c1cccs1. The molecule has 0 spiro atoms. The zero-order chi connectivity index (χ0) is 19.7. The molecule has 3 unspecified atom stereocenters. The number of imide groups is 1. The van der Waals surface area contributed by atoms with Crippen molar-refractivity contribution in [2.24, 2.45) is 11.8 Å². The van der Waals surface area contributed by atoms with Crippen molar-refractivity contribution in [1.29, 1.82) is 0 Å². The summed E-state index contributed by atoms with van der Waals surface area (Å²) in [6.45, 7) is -0.110. The Labute approximate surface area is 167 Å². The van der Waals surface area contributed by atoms with Crippen LogP contribution in [-0.2, 0) is 23.9 Å². The molecule has 4 rings (SSSR count). The molecule has 0 aromatic carbocycles. The van der Waals surface area contributed by atoms with Gasteiger partial charge in [0.1, 0.15) is 6.54 Å². The van der Waals surface area contributed by atoms with Crippen molar-refractivity contribution in [3.8, 4) is 0 Å². The van der Waals surface area contributed by atoms with Gasteiger partial charge in [0, 0.05) is 11.4 Å². The largest absolute Gasteiger partial charge is 0.454 e. The third kappa shape index (κ3) is 3.57. The fourth-order valence-electron chi connectivity index (χ4n) is 4.63. The lowest BCUT2D eigenvalue weighted by Crippen LogP contribution is -2.39. The van der Waals surface area contributed by atoms with E-state index in [1.54, 1.807) is 16.2 Å². The lowest BCUT2D eigenvalue weighted by molar-refractivity contribution is -0.157. The van der Waals surface area contributed by atoms with Crippen molar-refractivity contribution >= 4 is 35.0 Å². The van der Waals surface area contributed by atoms with E-state index in [1.807, 2.05) is 17.5 Å². The van der Waals surface area contributed by atoms with Crippen molar-refractivity contribution in [3.63, 3.8) is 0 Å². The molecule has 1 saturated carbocycles. The molecule has 150 valence electrons. The average Bonchev–Trinajstić information content (AvgIpc) is 3.43. The van der Waals surface area contributed by atoms with Gasteiger partial charge in [-0.05, 0) is 37.1 Å². The van der Waals surface area contributed by atoms with E-state index in [2.05, 4.69) is 0 Å². The van der Waals surface area contributed by atoms with Gasteiger partial charge in [0.05, 0.1) is 17.9 Å². The highest BCUT2D eigenvalue weighted by molar-refractivity contribution is 7.10. The Balaban J connectivity index is 1.30. The molecule has 8 heteroatoms. The van der Waals surface area contributed by atoms with E-state index >= 15 is 0 Å². The van der Waals surface area contributed by atoms with Crippen LogP contribution in [0.25, 0.3) is 0 Å². The number of esters is 1. The number of thiophene rings is 1. The first-order chi connectivity index (χ1) is 13.6. The standard InChI is InChI=1S/C20H24N2O5S/c23-17(21-9-3-7-15(21)16-8-4-10-28-16)12-27-18(24)11-22-19(25)13-5-1-2-6-14(13)20(22)26/h4,8,10,13-15H,1-3,5-7,9,11-12H2. The topological polar surface area (TPSA) is 84.0 Å². The molecule has 2 aliphatic heterocycles. The van der Waals surface area contributed by atoms with Crippen LogP contribution in [-0.4, -0.2) is 53.2 Å². The highest BCUT2D eigenvalue weighted by atomic mass is 32.1. The lowest BCUT2D eigenvalue weighted by atomic mass is 9.81. The van der Waals surface area contributed by atoms with Gasteiger partial charge in [0.2, 0.25) is 11.8 Å². The summed E-state index contributed by atoms with van der Waals surface area (Å²) in [6, 6.07) is 4.01. The van der Waals surface area contributed by atoms with Gasteiger partial charge in [-0.25, -0.2) is 0 Å². The van der Waals surface area contributed by atoms with E-state index in [1.165, 1.54) is 0 Å².